The van der Waals surface area contributed by atoms with Crippen molar-refractivity contribution < 1.29 is 4.52 Å². The number of aryl methyl sites for hydroxylation is 1. The van der Waals surface area contributed by atoms with Crippen molar-refractivity contribution in [2.45, 2.75) is 51.9 Å². The van der Waals surface area contributed by atoms with Crippen LogP contribution in [0, 0.1) is 12.8 Å². The van der Waals surface area contributed by atoms with Crippen LogP contribution < -0.4 is 5.73 Å². The summed E-state index contributed by atoms with van der Waals surface area (Å²) in [6.07, 6.45) is 9.00. The fourth-order valence-corrected chi connectivity index (χ4v) is 3.34. The van der Waals surface area contributed by atoms with Gasteiger partial charge < -0.3 is 10.3 Å². The van der Waals surface area contributed by atoms with Crippen LogP contribution in [-0.2, 0) is 6.42 Å². The number of aromatic nitrogens is 1. The Morgan fingerprint density at radius 3 is 2.43 bits per heavy atom. The fourth-order valence-electron chi connectivity index (χ4n) is 3.34. The topological polar surface area (TPSA) is 52.0 Å². The third kappa shape index (κ3) is 3.29. The summed E-state index contributed by atoms with van der Waals surface area (Å²) in [4.78, 5) is 0. The van der Waals surface area contributed by atoms with Gasteiger partial charge in [-0.05, 0) is 18.4 Å². The van der Waals surface area contributed by atoms with Crippen LogP contribution in [0.3, 0.4) is 0 Å². The Balaban J connectivity index is 1.84. The molecule has 0 spiro atoms. The number of hydrogen-bond donors (Lipinski definition) is 1. The summed E-state index contributed by atoms with van der Waals surface area (Å²) in [5.74, 6) is 2.19. The van der Waals surface area contributed by atoms with Gasteiger partial charge in [0.1, 0.15) is 5.76 Å². The molecule has 1 saturated carbocycles. The highest BCUT2D eigenvalue weighted by Crippen LogP contribution is 2.34. The van der Waals surface area contributed by atoms with Gasteiger partial charge in [0.15, 0.2) is 5.82 Å². The van der Waals surface area contributed by atoms with E-state index in [1.807, 2.05) is 0 Å². The zero-order valence-electron chi connectivity index (χ0n) is 12.8. The summed E-state index contributed by atoms with van der Waals surface area (Å²) in [7, 11) is 0. The lowest BCUT2D eigenvalue weighted by Gasteiger charge is -2.12. The molecule has 0 bridgehead atoms. The molecule has 0 aliphatic heterocycles. The minimum atomic E-state index is 0.516. The zero-order valence-corrected chi connectivity index (χ0v) is 12.8. The molecule has 0 unspecified atom stereocenters. The average Bonchev–Trinajstić information content (AvgIpc) is 2.69. The highest BCUT2D eigenvalue weighted by Gasteiger charge is 2.21. The van der Waals surface area contributed by atoms with Crippen molar-refractivity contribution >= 4 is 5.82 Å². The molecule has 1 aliphatic carbocycles. The lowest BCUT2D eigenvalue weighted by Crippen LogP contribution is -2.03. The standard InChI is InChI=1S/C18H24N2O/c1-13-8-10-15(11-9-13)17-16(21-20-18(17)19)12-14-6-4-2-3-5-7-14/h8-11,14H,2-7,12H2,1H3,(H2,19,20). The van der Waals surface area contributed by atoms with Crippen molar-refractivity contribution in [3.63, 3.8) is 0 Å². The number of nitrogen functional groups attached to an aromatic ring is 1. The summed E-state index contributed by atoms with van der Waals surface area (Å²) < 4.78 is 5.55. The number of benzene rings is 1. The molecule has 0 radical (unpaired) electrons. The first-order valence-corrected chi connectivity index (χ1v) is 8.05. The van der Waals surface area contributed by atoms with Crippen molar-refractivity contribution in [1.29, 1.82) is 0 Å². The Hall–Kier alpha value is -1.77. The van der Waals surface area contributed by atoms with Gasteiger partial charge >= 0.3 is 0 Å². The summed E-state index contributed by atoms with van der Waals surface area (Å²) >= 11 is 0. The summed E-state index contributed by atoms with van der Waals surface area (Å²) in [6.45, 7) is 2.09. The van der Waals surface area contributed by atoms with Gasteiger partial charge in [-0.1, -0.05) is 73.5 Å². The molecule has 1 heterocycles. The van der Waals surface area contributed by atoms with E-state index in [9.17, 15) is 0 Å². The third-order valence-electron chi connectivity index (χ3n) is 4.58. The second-order valence-corrected chi connectivity index (χ2v) is 6.29. The Morgan fingerprint density at radius 2 is 1.76 bits per heavy atom. The second-order valence-electron chi connectivity index (χ2n) is 6.29. The van der Waals surface area contributed by atoms with Gasteiger partial charge in [-0.15, -0.1) is 0 Å². The van der Waals surface area contributed by atoms with Crippen molar-refractivity contribution in [1.82, 2.24) is 5.16 Å². The Bertz CT molecular complexity index is 578. The van der Waals surface area contributed by atoms with Gasteiger partial charge in [-0.3, -0.25) is 0 Å². The molecular weight excluding hydrogens is 260 g/mol. The third-order valence-corrected chi connectivity index (χ3v) is 4.58. The van der Waals surface area contributed by atoms with E-state index in [0.717, 1.165) is 23.3 Å². The summed E-state index contributed by atoms with van der Waals surface area (Å²) in [5, 5.41) is 4.01. The maximum atomic E-state index is 6.04. The van der Waals surface area contributed by atoms with E-state index in [4.69, 9.17) is 10.3 Å². The Morgan fingerprint density at radius 1 is 1.10 bits per heavy atom. The fraction of sp³-hybridized carbons (Fsp3) is 0.500. The maximum absolute atomic E-state index is 6.04. The molecule has 1 fully saturated rings. The maximum Gasteiger partial charge on any atom is 0.175 e. The van der Waals surface area contributed by atoms with Crippen molar-refractivity contribution in [3.05, 3.63) is 35.6 Å². The van der Waals surface area contributed by atoms with Gasteiger partial charge in [0, 0.05) is 6.42 Å². The van der Waals surface area contributed by atoms with Crippen molar-refractivity contribution in [2.75, 3.05) is 5.73 Å². The van der Waals surface area contributed by atoms with Gasteiger partial charge in [0.05, 0.1) is 5.56 Å². The van der Waals surface area contributed by atoms with E-state index in [1.165, 1.54) is 44.1 Å². The Labute approximate surface area is 126 Å². The highest BCUT2D eigenvalue weighted by atomic mass is 16.5. The van der Waals surface area contributed by atoms with Gasteiger partial charge in [0.25, 0.3) is 0 Å². The molecule has 1 aromatic carbocycles. The van der Waals surface area contributed by atoms with Crippen LogP contribution in [0.2, 0.25) is 0 Å². The molecule has 21 heavy (non-hydrogen) atoms. The van der Waals surface area contributed by atoms with E-state index in [1.54, 1.807) is 0 Å². The summed E-state index contributed by atoms with van der Waals surface area (Å²) in [6, 6.07) is 8.43. The van der Waals surface area contributed by atoms with Crippen molar-refractivity contribution in [3.8, 4) is 11.1 Å². The SMILES string of the molecule is Cc1ccc(-c2c(N)noc2CC2CCCCCC2)cc1. The molecule has 0 amide bonds. The molecule has 3 nitrogen and oxygen atoms in total. The molecule has 1 aromatic heterocycles. The lowest BCUT2D eigenvalue weighted by molar-refractivity contribution is 0.347. The van der Waals surface area contributed by atoms with Gasteiger partial charge in [-0.25, -0.2) is 0 Å². The summed E-state index contributed by atoms with van der Waals surface area (Å²) in [5.41, 5.74) is 9.40. The number of nitrogens with two attached hydrogens (primary N) is 1. The molecule has 0 saturated heterocycles. The van der Waals surface area contributed by atoms with Gasteiger partial charge in [0.2, 0.25) is 0 Å². The average molecular weight is 284 g/mol. The van der Waals surface area contributed by atoms with Crippen molar-refractivity contribution in [2.24, 2.45) is 5.92 Å². The van der Waals surface area contributed by atoms with Crippen LogP contribution in [0.5, 0.6) is 0 Å². The van der Waals surface area contributed by atoms with E-state index in [-0.39, 0.29) is 0 Å². The zero-order chi connectivity index (χ0) is 14.7. The molecule has 2 aromatic rings. The minimum absolute atomic E-state index is 0.516. The van der Waals surface area contributed by atoms with Crippen LogP contribution in [0.15, 0.2) is 28.8 Å². The molecule has 3 rings (SSSR count). The van der Waals surface area contributed by atoms with Crippen LogP contribution >= 0.6 is 0 Å². The lowest BCUT2D eigenvalue weighted by atomic mass is 9.92. The molecule has 2 N–H and O–H groups in total. The molecular formula is C18H24N2O. The van der Waals surface area contributed by atoms with Crippen LogP contribution in [0.25, 0.3) is 11.1 Å². The molecule has 3 heteroatoms. The van der Waals surface area contributed by atoms with E-state index in [0.29, 0.717) is 11.7 Å². The quantitative estimate of drug-likeness (QED) is 0.828. The number of nitrogens with zero attached hydrogens (tertiary/aromatic N) is 1. The minimum Gasteiger partial charge on any atom is -0.380 e. The molecule has 1 aliphatic rings. The predicted molar refractivity (Wildman–Crippen MR) is 86.0 cm³/mol. The normalized spacial score (nSPS) is 16.8. The van der Waals surface area contributed by atoms with E-state index >= 15 is 0 Å². The largest absolute Gasteiger partial charge is 0.380 e. The number of anilines is 1. The van der Waals surface area contributed by atoms with Crippen LogP contribution in [0.1, 0.15) is 49.8 Å². The van der Waals surface area contributed by atoms with E-state index < -0.39 is 0 Å². The predicted octanol–water partition coefficient (Wildman–Crippen LogP) is 4.75. The molecule has 112 valence electrons. The Kier molecular flexibility index (Phi) is 4.28. The van der Waals surface area contributed by atoms with Crippen LogP contribution in [-0.4, -0.2) is 5.16 Å². The first-order valence-electron chi connectivity index (χ1n) is 8.05. The highest BCUT2D eigenvalue weighted by molar-refractivity contribution is 5.75. The van der Waals surface area contributed by atoms with E-state index in [2.05, 4.69) is 36.3 Å². The van der Waals surface area contributed by atoms with Gasteiger partial charge in [-0.2, -0.15) is 0 Å². The molecule has 0 atom stereocenters. The number of rotatable bonds is 3. The van der Waals surface area contributed by atoms with Crippen LogP contribution in [0.4, 0.5) is 5.82 Å². The second kappa shape index (κ2) is 6.33. The number of hydrogen-bond acceptors (Lipinski definition) is 3. The first kappa shape index (κ1) is 14.2. The smallest absolute Gasteiger partial charge is 0.175 e. The first-order chi connectivity index (χ1) is 10.2. The monoisotopic (exact) mass is 284 g/mol.